The Balaban J connectivity index is 2.02. The van der Waals surface area contributed by atoms with Crippen LogP contribution in [0.4, 0.5) is 5.69 Å². The first-order chi connectivity index (χ1) is 9.29. The van der Waals surface area contributed by atoms with E-state index < -0.39 is 0 Å². The largest absolute Gasteiger partial charge is 0.476 e. The quantitative estimate of drug-likeness (QED) is 0.852. The first-order valence-corrected chi connectivity index (χ1v) is 6.78. The minimum Gasteiger partial charge on any atom is -0.476 e. The Kier molecular flexibility index (Phi) is 4.69. The second-order valence-corrected chi connectivity index (χ2v) is 4.61. The summed E-state index contributed by atoms with van der Waals surface area (Å²) in [5.41, 5.74) is 0.574. The number of aromatic nitrogens is 1. The van der Waals surface area contributed by atoms with Gasteiger partial charge in [-0.15, -0.1) is 11.3 Å². The van der Waals surface area contributed by atoms with E-state index in [-0.39, 0.29) is 5.91 Å². The van der Waals surface area contributed by atoms with Crippen LogP contribution in [-0.2, 0) is 4.79 Å². The van der Waals surface area contributed by atoms with Crippen LogP contribution >= 0.6 is 11.3 Å². The molecule has 0 aromatic carbocycles. The van der Waals surface area contributed by atoms with Crippen molar-refractivity contribution in [2.75, 3.05) is 11.9 Å². The number of nitrogens with zero attached hydrogens (tertiary/aromatic N) is 1. The molecule has 0 saturated carbocycles. The number of ether oxygens (including phenoxy) is 1. The van der Waals surface area contributed by atoms with Crippen LogP contribution in [0, 0.1) is 0 Å². The van der Waals surface area contributed by atoms with Crippen LogP contribution in [0.15, 0.2) is 41.9 Å². The summed E-state index contributed by atoms with van der Waals surface area (Å²) in [5, 5.41) is 4.71. The fourth-order valence-corrected chi connectivity index (χ4v) is 2.07. The van der Waals surface area contributed by atoms with E-state index in [9.17, 15) is 4.79 Å². The minimum absolute atomic E-state index is 0.206. The molecule has 1 N–H and O–H groups in total. The van der Waals surface area contributed by atoms with Crippen molar-refractivity contribution in [1.82, 2.24) is 4.98 Å². The summed E-state index contributed by atoms with van der Waals surface area (Å²) in [6.45, 7) is 2.38. The van der Waals surface area contributed by atoms with E-state index in [1.165, 1.54) is 6.08 Å². The van der Waals surface area contributed by atoms with Crippen molar-refractivity contribution in [2.24, 2.45) is 0 Å². The molecule has 0 spiro atoms. The molecule has 0 aliphatic carbocycles. The van der Waals surface area contributed by atoms with Gasteiger partial charge in [-0.25, -0.2) is 4.98 Å². The molecule has 0 bridgehead atoms. The van der Waals surface area contributed by atoms with Crippen molar-refractivity contribution in [3.8, 4) is 5.88 Å². The molecular weight excluding hydrogens is 260 g/mol. The number of amides is 1. The molecule has 0 aliphatic rings. The molecule has 4 nitrogen and oxygen atoms in total. The first-order valence-electron chi connectivity index (χ1n) is 5.90. The van der Waals surface area contributed by atoms with Crippen molar-refractivity contribution in [1.29, 1.82) is 0 Å². The highest BCUT2D eigenvalue weighted by atomic mass is 32.1. The summed E-state index contributed by atoms with van der Waals surface area (Å²) in [5.74, 6) is 0.227. The van der Waals surface area contributed by atoms with E-state index in [4.69, 9.17) is 4.74 Å². The van der Waals surface area contributed by atoms with Gasteiger partial charge in [0.2, 0.25) is 11.8 Å². The Labute approximate surface area is 115 Å². The van der Waals surface area contributed by atoms with Crippen molar-refractivity contribution in [2.45, 2.75) is 6.92 Å². The van der Waals surface area contributed by atoms with Crippen molar-refractivity contribution < 1.29 is 9.53 Å². The smallest absolute Gasteiger partial charge is 0.248 e. The van der Waals surface area contributed by atoms with Gasteiger partial charge in [-0.1, -0.05) is 6.07 Å². The number of rotatable bonds is 5. The molecule has 0 aliphatic heterocycles. The molecular formula is C14H14N2O2S. The Morgan fingerprint density at radius 3 is 3.11 bits per heavy atom. The highest BCUT2D eigenvalue weighted by Crippen LogP contribution is 2.20. The van der Waals surface area contributed by atoms with Gasteiger partial charge in [0, 0.05) is 17.2 Å². The summed E-state index contributed by atoms with van der Waals surface area (Å²) in [6.07, 6.45) is 4.90. The molecule has 0 fully saturated rings. The second kappa shape index (κ2) is 6.70. The van der Waals surface area contributed by atoms with Gasteiger partial charge in [-0.3, -0.25) is 4.79 Å². The molecule has 0 radical (unpaired) electrons. The van der Waals surface area contributed by atoms with E-state index >= 15 is 0 Å². The lowest BCUT2D eigenvalue weighted by Crippen LogP contribution is -2.10. The highest BCUT2D eigenvalue weighted by Gasteiger charge is 2.05. The Morgan fingerprint density at radius 2 is 2.37 bits per heavy atom. The van der Waals surface area contributed by atoms with Gasteiger partial charge in [-0.05, 0) is 36.6 Å². The molecule has 2 heterocycles. The van der Waals surface area contributed by atoms with Gasteiger partial charge in [0.05, 0.1) is 6.61 Å². The zero-order chi connectivity index (χ0) is 13.5. The maximum Gasteiger partial charge on any atom is 0.248 e. The lowest BCUT2D eigenvalue weighted by atomic mass is 10.3. The van der Waals surface area contributed by atoms with Gasteiger partial charge in [-0.2, -0.15) is 0 Å². The third-order valence-electron chi connectivity index (χ3n) is 2.25. The number of pyridine rings is 1. The fraction of sp³-hybridized carbons (Fsp3) is 0.143. The van der Waals surface area contributed by atoms with Crippen LogP contribution < -0.4 is 10.1 Å². The maximum atomic E-state index is 11.8. The molecule has 19 heavy (non-hydrogen) atoms. The molecule has 0 saturated heterocycles. The zero-order valence-electron chi connectivity index (χ0n) is 10.5. The average Bonchev–Trinajstić information content (AvgIpc) is 2.92. The lowest BCUT2D eigenvalue weighted by Gasteiger charge is -2.08. The molecule has 2 rings (SSSR count). The number of hydrogen-bond donors (Lipinski definition) is 1. The van der Waals surface area contributed by atoms with Crippen LogP contribution in [0.2, 0.25) is 0 Å². The van der Waals surface area contributed by atoms with E-state index in [1.807, 2.05) is 24.4 Å². The SMILES string of the molecule is CCOc1ncccc1NC(=O)C=Cc1cccs1. The number of thiophene rings is 1. The van der Waals surface area contributed by atoms with Crippen molar-refractivity contribution >= 4 is 29.0 Å². The topological polar surface area (TPSA) is 51.2 Å². The monoisotopic (exact) mass is 274 g/mol. The maximum absolute atomic E-state index is 11.8. The summed E-state index contributed by atoms with van der Waals surface area (Å²) in [6, 6.07) is 7.40. The van der Waals surface area contributed by atoms with E-state index in [1.54, 1.807) is 35.7 Å². The van der Waals surface area contributed by atoms with Crippen LogP contribution in [0.3, 0.4) is 0 Å². The van der Waals surface area contributed by atoms with Crippen molar-refractivity contribution in [3.05, 3.63) is 46.8 Å². The molecule has 1 amide bonds. The molecule has 5 heteroatoms. The highest BCUT2D eigenvalue weighted by molar-refractivity contribution is 7.10. The summed E-state index contributed by atoms with van der Waals surface area (Å²) < 4.78 is 5.34. The molecule has 2 aromatic rings. The molecule has 0 unspecified atom stereocenters. The summed E-state index contributed by atoms with van der Waals surface area (Å²) in [7, 11) is 0. The fourth-order valence-electron chi connectivity index (χ4n) is 1.46. The Morgan fingerprint density at radius 1 is 1.47 bits per heavy atom. The number of carbonyl (C=O) groups excluding carboxylic acids is 1. The first kappa shape index (κ1) is 13.3. The Hall–Kier alpha value is -2.14. The van der Waals surface area contributed by atoms with Crippen LogP contribution in [-0.4, -0.2) is 17.5 Å². The molecule has 98 valence electrons. The van der Waals surface area contributed by atoms with Gasteiger partial charge in [0.1, 0.15) is 5.69 Å². The van der Waals surface area contributed by atoms with Gasteiger partial charge >= 0.3 is 0 Å². The third-order valence-corrected chi connectivity index (χ3v) is 3.09. The number of anilines is 1. The van der Waals surface area contributed by atoms with Crippen LogP contribution in [0.25, 0.3) is 6.08 Å². The Bertz CT molecular complexity index is 565. The minimum atomic E-state index is -0.206. The zero-order valence-corrected chi connectivity index (χ0v) is 11.3. The van der Waals surface area contributed by atoms with Crippen molar-refractivity contribution in [3.63, 3.8) is 0 Å². The molecule has 0 atom stereocenters. The van der Waals surface area contributed by atoms with Gasteiger partial charge in [0.15, 0.2) is 0 Å². The second-order valence-electron chi connectivity index (χ2n) is 3.63. The predicted molar refractivity (Wildman–Crippen MR) is 77.4 cm³/mol. The summed E-state index contributed by atoms with van der Waals surface area (Å²) >= 11 is 1.58. The standard InChI is InChI=1S/C14H14N2O2S/c1-2-18-14-12(6-3-9-15-14)16-13(17)8-7-11-5-4-10-19-11/h3-10H,2H2,1H3,(H,16,17). The lowest BCUT2D eigenvalue weighted by molar-refractivity contribution is -0.111. The van der Waals surface area contributed by atoms with E-state index in [2.05, 4.69) is 10.3 Å². The average molecular weight is 274 g/mol. The molecule has 2 aromatic heterocycles. The van der Waals surface area contributed by atoms with Gasteiger partial charge in [0.25, 0.3) is 0 Å². The number of carbonyl (C=O) groups is 1. The normalized spacial score (nSPS) is 10.6. The van der Waals surface area contributed by atoms with E-state index in [0.717, 1.165) is 4.88 Å². The number of nitrogens with one attached hydrogen (secondary N) is 1. The number of hydrogen-bond acceptors (Lipinski definition) is 4. The van der Waals surface area contributed by atoms with Crippen LogP contribution in [0.1, 0.15) is 11.8 Å². The summed E-state index contributed by atoms with van der Waals surface area (Å²) in [4.78, 5) is 16.9. The van der Waals surface area contributed by atoms with Crippen LogP contribution in [0.5, 0.6) is 5.88 Å². The van der Waals surface area contributed by atoms with Gasteiger partial charge < -0.3 is 10.1 Å². The predicted octanol–water partition coefficient (Wildman–Crippen LogP) is 3.19. The third kappa shape index (κ3) is 3.93. The van der Waals surface area contributed by atoms with E-state index in [0.29, 0.717) is 18.2 Å².